The van der Waals surface area contributed by atoms with Crippen molar-refractivity contribution in [3.8, 4) is 0 Å². The molecule has 1 amide bonds. The van der Waals surface area contributed by atoms with Crippen LogP contribution in [0.5, 0.6) is 0 Å². The van der Waals surface area contributed by atoms with Gasteiger partial charge in [0.1, 0.15) is 0 Å². The van der Waals surface area contributed by atoms with Crippen molar-refractivity contribution in [1.82, 2.24) is 4.98 Å². The van der Waals surface area contributed by atoms with Crippen molar-refractivity contribution in [2.24, 2.45) is 5.92 Å². The van der Waals surface area contributed by atoms with Crippen LogP contribution in [0, 0.1) is 16.0 Å². The lowest BCUT2D eigenvalue weighted by atomic mass is 10.1. The fraction of sp³-hybridized carbons (Fsp3) is 0.176. The smallest absolute Gasteiger partial charge is 0.270 e. The lowest BCUT2D eigenvalue weighted by Crippen LogP contribution is -2.14. The molecule has 1 saturated carbocycles. The van der Waals surface area contributed by atoms with Gasteiger partial charge in [-0.25, -0.2) is 4.98 Å². The van der Waals surface area contributed by atoms with Crippen molar-refractivity contribution in [1.29, 1.82) is 0 Å². The van der Waals surface area contributed by atoms with E-state index in [2.05, 4.69) is 10.3 Å². The highest BCUT2D eigenvalue weighted by molar-refractivity contribution is 7.22. The van der Waals surface area contributed by atoms with Gasteiger partial charge in [0.25, 0.3) is 5.69 Å². The molecule has 1 aliphatic carbocycles. The van der Waals surface area contributed by atoms with Crippen LogP contribution in [-0.2, 0) is 4.79 Å². The fourth-order valence-electron chi connectivity index (χ4n) is 2.83. The average molecular weight is 339 g/mol. The first-order valence-electron chi connectivity index (χ1n) is 7.52. The third-order valence-electron chi connectivity index (χ3n) is 4.17. The van der Waals surface area contributed by atoms with E-state index in [1.165, 1.54) is 29.0 Å². The highest BCUT2D eigenvalue weighted by Gasteiger charge is 2.44. The van der Waals surface area contributed by atoms with Gasteiger partial charge in [-0.1, -0.05) is 41.7 Å². The van der Waals surface area contributed by atoms with E-state index in [0.717, 1.165) is 6.42 Å². The third-order valence-corrected chi connectivity index (χ3v) is 5.10. The van der Waals surface area contributed by atoms with Crippen LogP contribution in [-0.4, -0.2) is 15.8 Å². The average Bonchev–Trinajstić information content (AvgIpc) is 3.29. The summed E-state index contributed by atoms with van der Waals surface area (Å²) < 4.78 is 0.690. The number of rotatable bonds is 4. The molecule has 1 N–H and O–H groups in total. The summed E-state index contributed by atoms with van der Waals surface area (Å²) in [5, 5.41) is 14.1. The quantitative estimate of drug-likeness (QED) is 0.576. The largest absolute Gasteiger partial charge is 0.302 e. The summed E-state index contributed by atoms with van der Waals surface area (Å²) in [5.74, 6) is 0.188. The molecule has 1 aliphatic rings. The number of carbonyl (C=O) groups excluding carboxylic acids is 1. The number of nitro benzene ring substituents is 1. The molecule has 2 atom stereocenters. The van der Waals surface area contributed by atoms with Gasteiger partial charge in [-0.2, -0.15) is 0 Å². The molecule has 0 bridgehead atoms. The zero-order valence-electron chi connectivity index (χ0n) is 12.5. The van der Waals surface area contributed by atoms with E-state index < -0.39 is 4.92 Å². The van der Waals surface area contributed by atoms with Crippen molar-refractivity contribution in [2.45, 2.75) is 12.3 Å². The number of hydrogen-bond acceptors (Lipinski definition) is 5. The number of carbonyl (C=O) groups is 1. The third kappa shape index (κ3) is 2.74. The SMILES string of the molecule is O=C(Nc1nc2ccc([N+](=O)[O-])cc2s1)C1CC1c1ccccc1. The second-order valence-corrected chi connectivity index (χ2v) is 6.81. The van der Waals surface area contributed by atoms with Crippen LogP contribution in [0.1, 0.15) is 17.9 Å². The number of thiazole rings is 1. The predicted molar refractivity (Wildman–Crippen MR) is 92.2 cm³/mol. The molecule has 2 aromatic carbocycles. The molecule has 24 heavy (non-hydrogen) atoms. The molecule has 0 radical (unpaired) electrons. The Kier molecular flexibility index (Phi) is 3.50. The van der Waals surface area contributed by atoms with E-state index in [9.17, 15) is 14.9 Å². The maximum absolute atomic E-state index is 12.4. The Morgan fingerprint density at radius 3 is 2.79 bits per heavy atom. The van der Waals surface area contributed by atoms with Gasteiger partial charge in [-0.05, 0) is 24.0 Å². The van der Waals surface area contributed by atoms with Crippen LogP contribution in [0.2, 0.25) is 0 Å². The Bertz CT molecular complexity index is 939. The Morgan fingerprint density at radius 1 is 1.25 bits per heavy atom. The maximum Gasteiger partial charge on any atom is 0.270 e. The summed E-state index contributed by atoms with van der Waals surface area (Å²) in [6.07, 6.45) is 0.839. The molecule has 3 aromatic rings. The van der Waals surface area contributed by atoms with Crippen LogP contribution in [0.25, 0.3) is 10.2 Å². The Labute approximate surface area is 141 Å². The first-order chi connectivity index (χ1) is 11.6. The minimum atomic E-state index is -0.438. The summed E-state index contributed by atoms with van der Waals surface area (Å²) in [6.45, 7) is 0. The number of nitro groups is 1. The van der Waals surface area contributed by atoms with Crippen molar-refractivity contribution in [3.63, 3.8) is 0 Å². The van der Waals surface area contributed by atoms with Crippen LogP contribution >= 0.6 is 11.3 Å². The van der Waals surface area contributed by atoms with E-state index in [1.54, 1.807) is 6.07 Å². The lowest BCUT2D eigenvalue weighted by Gasteiger charge is -2.01. The summed E-state index contributed by atoms with van der Waals surface area (Å²) >= 11 is 1.25. The van der Waals surface area contributed by atoms with E-state index in [1.807, 2.05) is 30.3 Å². The Morgan fingerprint density at radius 2 is 2.04 bits per heavy atom. The van der Waals surface area contributed by atoms with Gasteiger partial charge in [0, 0.05) is 18.1 Å². The van der Waals surface area contributed by atoms with E-state index >= 15 is 0 Å². The first-order valence-corrected chi connectivity index (χ1v) is 8.34. The molecule has 7 heteroatoms. The monoisotopic (exact) mass is 339 g/mol. The minimum Gasteiger partial charge on any atom is -0.302 e. The van der Waals surface area contributed by atoms with Gasteiger partial charge in [0.15, 0.2) is 5.13 Å². The van der Waals surface area contributed by atoms with Crippen molar-refractivity contribution < 1.29 is 9.72 Å². The van der Waals surface area contributed by atoms with Crippen LogP contribution in [0.4, 0.5) is 10.8 Å². The molecule has 120 valence electrons. The van der Waals surface area contributed by atoms with Crippen LogP contribution in [0.3, 0.4) is 0 Å². The van der Waals surface area contributed by atoms with Crippen molar-refractivity contribution >= 4 is 38.3 Å². The highest BCUT2D eigenvalue weighted by Crippen LogP contribution is 2.48. The molecule has 0 saturated heterocycles. The first kappa shape index (κ1) is 14.8. The summed E-state index contributed by atoms with van der Waals surface area (Å²) in [6, 6.07) is 14.5. The molecule has 2 unspecified atom stereocenters. The molecular weight excluding hydrogens is 326 g/mol. The van der Waals surface area contributed by atoms with Crippen molar-refractivity contribution in [2.75, 3.05) is 5.32 Å². The number of aromatic nitrogens is 1. The van der Waals surface area contributed by atoms with Crippen LogP contribution in [0.15, 0.2) is 48.5 Å². The number of non-ortho nitro benzene ring substituents is 1. The van der Waals surface area contributed by atoms with E-state index in [4.69, 9.17) is 0 Å². The molecule has 4 rings (SSSR count). The fourth-order valence-corrected chi connectivity index (χ4v) is 3.73. The zero-order valence-corrected chi connectivity index (χ0v) is 13.3. The van der Waals surface area contributed by atoms with Gasteiger partial charge < -0.3 is 5.32 Å². The van der Waals surface area contributed by atoms with Gasteiger partial charge in [0.05, 0.1) is 15.1 Å². The normalized spacial score (nSPS) is 19.2. The molecule has 1 heterocycles. The number of nitrogens with one attached hydrogen (secondary N) is 1. The minimum absolute atomic E-state index is 0.0235. The number of benzene rings is 2. The lowest BCUT2D eigenvalue weighted by molar-refractivity contribution is -0.384. The van der Waals surface area contributed by atoms with Crippen LogP contribution < -0.4 is 5.32 Å². The summed E-state index contributed by atoms with van der Waals surface area (Å²) in [7, 11) is 0. The molecule has 0 spiro atoms. The Balaban J connectivity index is 1.48. The summed E-state index contributed by atoms with van der Waals surface area (Å²) in [4.78, 5) is 27.1. The number of fused-ring (bicyclic) bond motifs is 1. The summed E-state index contributed by atoms with van der Waals surface area (Å²) in [5.41, 5.74) is 1.85. The number of nitrogens with zero attached hydrogens (tertiary/aromatic N) is 2. The molecule has 6 nitrogen and oxygen atoms in total. The molecular formula is C17H13N3O3S. The maximum atomic E-state index is 12.4. The van der Waals surface area contributed by atoms with Gasteiger partial charge in [-0.3, -0.25) is 14.9 Å². The topological polar surface area (TPSA) is 85.1 Å². The highest BCUT2D eigenvalue weighted by atomic mass is 32.1. The van der Waals surface area contributed by atoms with E-state index in [-0.39, 0.29) is 23.4 Å². The molecule has 1 fully saturated rings. The van der Waals surface area contributed by atoms with E-state index in [0.29, 0.717) is 15.3 Å². The molecule has 1 aromatic heterocycles. The number of anilines is 1. The number of hydrogen-bond donors (Lipinski definition) is 1. The number of amides is 1. The zero-order chi connectivity index (χ0) is 16.7. The van der Waals surface area contributed by atoms with Gasteiger partial charge >= 0.3 is 0 Å². The van der Waals surface area contributed by atoms with Gasteiger partial charge in [0.2, 0.25) is 5.91 Å². The van der Waals surface area contributed by atoms with Gasteiger partial charge in [-0.15, -0.1) is 0 Å². The second-order valence-electron chi connectivity index (χ2n) is 5.78. The van der Waals surface area contributed by atoms with Crippen molar-refractivity contribution in [3.05, 3.63) is 64.2 Å². The predicted octanol–water partition coefficient (Wildman–Crippen LogP) is 3.95. The second kappa shape index (κ2) is 5.68. The molecule has 0 aliphatic heterocycles. The Hall–Kier alpha value is -2.80. The standard InChI is InChI=1S/C17H13N3O3S/c21-16(13-9-12(13)10-4-2-1-3-5-10)19-17-18-14-7-6-11(20(22)23)8-15(14)24-17/h1-8,12-13H,9H2,(H,18,19,21).